The quantitative estimate of drug-likeness (QED) is 0.359. The molecule has 0 aliphatic heterocycles. The summed E-state index contributed by atoms with van der Waals surface area (Å²) in [5, 5.41) is 3.62. The van der Waals surface area contributed by atoms with Crippen LogP contribution in [-0.4, -0.2) is 55.3 Å². The Kier molecular flexibility index (Phi) is 8.24. The molecule has 3 aromatic rings. The average Bonchev–Trinajstić information content (AvgIpc) is 3.22. The second-order valence-electron chi connectivity index (χ2n) is 6.35. The molecule has 0 aliphatic carbocycles. The number of rotatable bonds is 10. The second-order valence-corrected chi connectivity index (χ2v) is 8.20. The van der Waals surface area contributed by atoms with Crippen molar-refractivity contribution in [1.82, 2.24) is 15.3 Å². The molecule has 158 valence electrons. The van der Waals surface area contributed by atoms with Gasteiger partial charge in [0.25, 0.3) is 0 Å². The number of hydrogen-bond donors (Lipinski definition) is 2. The maximum Gasteiger partial charge on any atom is 0.230 e. The van der Waals surface area contributed by atoms with Crippen LogP contribution in [0, 0.1) is 0 Å². The number of nitrogens with one attached hydrogen (secondary N) is 2. The molecule has 0 unspecified atom stereocenters. The van der Waals surface area contributed by atoms with Crippen molar-refractivity contribution < 1.29 is 14.3 Å². The Morgan fingerprint density at radius 1 is 1.07 bits per heavy atom. The first-order valence-electron chi connectivity index (χ1n) is 9.42. The van der Waals surface area contributed by atoms with Gasteiger partial charge in [0.2, 0.25) is 5.91 Å². The van der Waals surface area contributed by atoms with E-state index in [1.165, 1.54) is 16.7 Å². The van der Waals surface area contributed by atoms with Crippen LogP contribution in [0.25, 0.3) is 22.6 Å². The summed E-state index contributed by atoms with van der Waals surface area (Å²) < 4.78 is 10.2. The van der Waals surface area contributed by atoms with E-state index >= 15 is 0 Å². The van der Waals surface area contributed by atoms with Crippen molar-refractivity contribution in [3.63, 3.8) is 0 Å². The predicted molar refractivity (Wildman–Crippen MR) is 123 cm³/mol. The van der Waals surface area contributed by atoms with Gasteiger partial charge in [-0.2, -0.15) is 0 Å². The van der Waals surface area contributed by atoms with Crippen molar-refractivity contribution in [3.8, 4) is 28.4 Å². The number of hydrogen-bond acceptors (Lipinski definition) is 6. The highest BCUT2D eigenvalue weighted by atomic mass is 32.2. The van der Waals surface area contributed by atoms with Gasteiger partial charge in [-0.1, -0.05) is 23.9 Å². The van der Waals surface area contributed by atoms with E-state index in [9.17, 15) is 4.79 Å². The number of nitrogens with zero attached hydrogens (tertiary/aromatic N) is 1. The average molecular weight is 444 g/mol. The van der Waals surface area contributed by atoms with Crippen LogP contribution in [0.4, 0.5) is 0 Å². The number of benzene rings is 2. The zero-order chi connectivity index (χ0) is 21.3. The molecule has 0 saturated heterocycles. The molecular weight excluding hydrogens is 418 g/mol. The van der Waals surface area contributed by atoms with E-state index in [0.717, 1.165) is 33.4 Å². The molecule has 1 heterocycles. The van der Waals surface area contributed by atoms with E-state index < -0.39 is 0 Å². The first-order chi connectivity index (χ1) is 14.6. The van der Waals surface area contributed by atoms with E-state index in [2.05, 4.69) is 28.7 Å². The molecule has 0 atom stereocenters. The summed E-state index contributed by atoms with van der Waals surface area (Å²) in [6.45, 7) is 0.987. The number of aromatic amines is 1. The maximum absolute atomic E-state index is 12.1. The topological polar surface area (TPSA) is 76.2 Å². The van der Waals surface area contributed by atoms with Crippen molar-refractivity contribution in [2.24, 2.45) is 0 Å². The van der Waals surface area contributed by atoms with Gasteiger partial charge in [-0.3, -0.25) is 4.79 Å². The summed E-state index contributed by atoms with van der Waals surface area (Å²) in [7, 11) is 3.25. The summed E-state index contributed by atoms with van der Waals surface area (Å²) in [5.74, 6) is 1.79. The number of H-pyrrole nitrogens is 1. The number of imidazole rings is 1. The summed E-state index contributed by atoms with van der Waals surface area (Å²) >= 11 is 3.11. The van der Waals surface area contributed by atoms with Gasteiger partial charge >= 0.3 is 0 Å². The Labute approximate surface area is 185 Å². The second kappa shape index (κ2) is 11.1. The van der Waals surface area contributed by atoms with Crippen LogP contribution in [0.2, 0.25) is 0 Å². The number of carbonyl (C=O) groups excluding carboxylic acids is 1. The van der Waals surface area contributed by atoms with Crippen molar-refractivity contribution >= 4 is 29.4 Å². The largest absolute Gasteiger partial charge is 0.497 e. The Bertz CT molecular complexity index is 957. The smallest absolute Gasteiger partial charge is 0.230 e. The van der Waals surface area contributed by atoms with Gasteiger partial charge in [-0.25, -0.2) is 4.98 Å². The van der Waals surface area contributed by atoms with Crippen LogP contribution in [-0.2, 0) is 9.53 Å². The fraction of sp³-hybridized carbons (Fsp3) is 0.273. The monoisotopic (exact) mass is 443 g/mol. The Hall–Kier alpha value is -2.42. The molecule has 8 heteroatoms. The molecule has 0 spiro atoms. The van der Waals surface area contributed by atoms with Crippen LogP contribution >= 0.6 is 23.5 Å². The summed E-state index contributed by atoms with van der Waals surface area (Å²) in [6, 6.07) is 16.0. The molecule has 0 aliphatic rings. The Morgan fingerprint density at radius 2 is 1.77 bits per heavy atom. The Morgan fingerprint density at radius 3 is 2.40 bits per heavy atom. The number of aromatic nitrogens is 2. The van der Waals surface area contributed by atoms with Gasteiger partial charge in [-0.05, 0) is 42.7 Å². The third kappa shape index (κ3) is 5.81. The van der Waals surface area contributed by atoms with Gasteiger partial charge in [0, 0.05) is 29.7 Å². The first kappa shape index (κ1) is 22.3. The summed E-state index contributed by atoms with van der Waals surface area (Å²) in [5.41, 5.74) is 2.87. The highest BCUT2D eigenvalue weighted by molar-refractivity contribution is 8.00. The number of methoxy groups -OCH3 is 2. The lowest BCUT2D eigenvalue weighted by Gasteiger charge is -2.05. The van der Waals surface area contributed by atoms with Crippen LogP contribution in [0.5, 0.6) is 5.75 Å². The molecule has 0 radical (unpaired) electrons. The van der Waals surface area contributed by atoms with Crippen LogP contribution in [0.1, 0.15) is 0 Å². The molecule has 3 rings (SSSR count). The van der Waals surface area contributed by atoms with Crippen LogP contribution in [0.15, 0.2) is 58.5 Å². The zero-order valence-electron chi connectivity index (χ0n) is 17.2. The van der Waals surface area contributed by atoms with Crippen molar-refractivity contribution in [2.75, 3.05) is 39.4 Å². The van der Waals surface area contributed by atoms with E-state index in [4.69, 9.17) is 14.5 Å². The van der Waals surface area contributed by atoms with Gasteiger partial charge in [0.1, 0.15) is 16.6 Å². The van der Waals surface area contributed by atoms with Gasteiger partial charge < -0.3 is 19.8 Å². The van der Waals surface area contributed by atoms with Crippen molar-refractivity contribution in [1.29, 1.82) is 0 Å². The molecule has 6 nitrogen and oxygen atoms in total. The number of ether oxygens (including phenoxy) is 2. The molecule has 2 N–H and O–H groups in total. The Balaban J connectivity index is 1.85. The minimum atomic E-state index is -0.0494. The lowest BCUT2D eigenvalue weighted by molar-refractivity contribution is -0.118. The molecular formula is C22H25N3O3S2. The van der Waals surface area contributed by atoms with Gasteiger partial charge in [0.05, 0.1) is 25.2 Å². The third-order valence-electron chi connectivity index (χ3n) is 4.38. The van der Waals surface area contributed by atoms with E-state index in [-0.39, 0.29) is 11.7 Å². The molecule has 0 fully saturated rings. The van der Waals surface area contributed by atoms with Gasteiger partial charge in [0.15, 0.2) is 0 Å². The van der Waals surface area contributed by atoms with Crippen LogP contribution < -0.4 is 10.1 Å². The van der Waals surface area contributed by atoms with Gasteiger partial charge in [-0.15, -0.1) is 11.8 Å². The molecule has 1 aromatic heterocycles. The lowest BCUT2D eigenvalue weighted by Crippen LogP contribution is -2.28. The first-order valence-corrected chi connectivity index (χ1v) is 11.6. The maximum atomic E-state index is 12.1. The predicted octanol–water partition coefficient (Wildman–Crippen LogP) is 4.33. The number of thioether (sulfide) groups is 2. The highest BCUT2D eigenvalue weighted by Crippen LogP contribution is 2.33. The standard InChI is InChI=1S/C22H25N3O3S2/c1-27-13-12-23-19(26)14-30-22-20(15-4-8-17(28-2)9-5-15)24-21(25-22)16-6-10-18(29-3)11-7-16/h4-11H,12-14H2,1-3H3,(H,23,26)(H,24,25). The van der Waals surface area contributed by atoms with E-state index in [1.807, 2.05) is 36.4 Å². The molecule has 1 amide bonds. The number of carbonyl (C=O) groups is 1. The molecule has 30 heavy (non-hydrogen) atoms. The molecule has 0 saturated carbocycles. The number of amides is 1. The zero-order valence-corrected chi connectivity index (χ0v) is 18.9. The minimum Gasteiger partial charge on any atom is -0.497 e. The van der Waals surface area contributed by atoms with E-state index in [0.29, 0.717) is 13.2 Å². The van der Waals surface area contributed by atoms with E-state index in [1.54, 1.807) is 26.0 Å². The summed E-state index contributed by atoms with van der Waals surface area (Å²) in [6.07, 6.45) is 2.05. The lowest BCUT2D eigenvalue weighted by atomic mass is 10.1. The van der Waals surface area contributed by atoms with Crippen molar-refractivity contribution in [2.45, 2.75) is 9.92 Å². The normalized spacial score (nSPS) is 10.8. The molecule has 2 aromatic carbocycles. The minimum absolute atomic E-state index is 0.0494. The van der Waals surface area contributed by atoms with Crippen molar-refractivity contribution in [3.05, 3.63) is 48.5 Å². The summed E-state index contributed by atoms with van der Waals surface area (Å²) in [4.78, 5) is 21.5. The SMILES string of the molecule is COCCNC(=O)CSc1nc(-c2ccc(SC)cc2)[nH]c1-c1ccc(OC)cc1. The fourth-order valence-electron chi connectivity index (χ4n) is 2.78. The fourth-order valence-corrected chi connectivity index (χ4v) is 4.03. The highest BCUT2D eigenvalue weighted by Gasteiger charge is 2.16. The third-order valence-corrected chi connectivity index (χ3v) is 6.10. The van der Waals surface area contributed by atoms with Crippen LogP contribution in [0.3, 0.4) is 0 Å². The molecule has 0 bridgehead atoms.